The summed E-state index contributed by atoms with van der Waals surface area (Å²) in [6.45, 7) is 0. The molecule has 0 aliphatic rings. The molecular formula is C15H11NO2. The van der Waals surface area contributed by atoms with Gasteiger partial charge in [-0.1, -0.05) is 24.0 Å². The summed E-state index contributed by atoms with van der Waals surface area (Å²) in [6, 6.07) is 9.14. The largest absolute Gasteiger partial charge is 0.463 e. The van der Waals surface area contributed by atoms with Crippen molar-refractivity contribution in [2.75, 3.05) is 0 Å². The predicted molar refractivity (Wildman–Crippen MR) is 68.8 cm³/mol. The molecule has 0 fully saturated rings. The molecule has 1 heterocycles. The van der Waals surface area contributed by atoms with Gasteiger partial charge in [-0.15, -0.1) is 0 Å². The number of benzene rings is 1. The van der Waals surface area contributed by atoms with Gasteiger partial charge in [0.15, 0.2) is 0 Å². The summed E-state index contributed by atoms with van der Waals surface area (Å²) < 4.78 is 5.35. The summed E-state index contributed by atoms with van der Waals surface area (Å²) >= 11 is 0. The van der Waals surface area contributed by atoms with Crippen LogP contribution in [0.4, 0.5) is 0 Å². The summed E-state index contributed by atoms with van der Waals surface area (Å²) in [4.78, 5) is 12.0. The molecular weight excluding hydrogens is 226 g/mol. The molecule has 0 bridgehead atoms. The van der Waals surface area contributed by atoms with Gasteiger partial charge in [0.05, 0.1) is 11.5 Å². The molecule has 18 heavy (non-hydrogen) atoms. The highest BCUT2D eigenvalue weighted by Crippen LogP contribution is 2.09. The second-order valence-corrected chi connectivity index (χ2v) is 3.79. The van der Waals surface area contributed by atoms with Crippen LogP contribution in [0, 0.1) is 23.2 Å². The van der Waals surface area contributed by atoms with Gasteiger partial charge in [-0.2, -0.15) is 5.26 Å². The normalized spacial score (nSPS) is 9.50. The molecule has 0 atom stereocenters. The number of para-hydroxylation sites is 1. The minimum atomic E-state index is -0.107. The Hall–Kier alpha value is -2.52. The van der Waals surface area contributed by atoms with Gasteiger partial charge < -0.3 is 4.42 Å². The average molecular weight is 237 g/mol. The fraction of sp³-hybridized carbons (Fsp3) is 0.200. The van der Waals surface area contributed by atoms with E-state index in [2.05, 4.69) is 17.9 Å². The lowest BCUT2D eigenvalue weighted by Gasteiger charge is -1.95. The smallest absolute Gasteiger partial charge is 0.208 e. The number of nitriles is 1. The van der Waals surface area contributed by atoms with Gasteiger partial charge in [-0.3, -0.25) is 4.79 Å². The molecule has 0 saturated heterocycles. The quantitative estimate of drug-likeness (QED) is 0.596. The van der Waals surface area contributed by atoms with E-state index in [0.29, 0.717) is 29.4 Å². The number of unbranched alkanes of at least 4 members (excludes halogenated alkanes) is 2. The number of nitrogens with zero attached hydrogens (tertiary/aromatic N) is 1. The number of fused-ring (bicyclic) bond motifs is 1. The monoisotopic (exact) mass is 237 g/mol. The molecule has 2 rings (SSSR count). The highest BCUT2D eigenvalue weighted by Gasteiger charge is 2.03. The molecule has 1 aromatic heterocycles. The topological polar surface area (TPSA) is 54.0 Å². The van der Waals surface area contributed by atoms with Crippen LogP contribution in [-0.2, 0) is 0 Å². The third-order valence-corrected chi connectivity index (χ3v) is 2.49. The first-order valence-electron chi connectivity index (χ1n) is 5.69. The van der Waals surface area contributed by atoms with Crippen LogP contribution in [0.2, 0.25) is 0 Å². The van der Waals surface area contributed by atoms with E-state index >= 15 is 0 Å². The van der Waals surface area contributed by atoms with Crippen molar-refractivity contribution < 1.29 is 4.42 Å². The van der Waals surface area contributed by atoms with Crippen molar-refractivity contribution in [3.63, 3.8) is 0 Å². The molecule has 88 valence electrons. The Kier molecular flexibility index (Phi) is 3.79. The third-order valence-electron chi connectivity index (χ3n) is 2.49. The second kappa shape index (κ2) is 5.70. The molecule has 0 unspecified atom stereocenters. The van der Waals surface area contributed by atoms with E-state index in [4.69, 9.17) is 9.68 Å². The molecule has 0 spiro atoms. The van der Waals surface area contributed by atoms with Gasteiger partial charge in [0.25, 0.3) is 0 Å². The van der Waals surface area contributed by atoms with E-state index in [1.54, 1.807) is 18.2 Å². The molecule has 1 aromatic carbocycles. The standard InChI is InChI=1S/C15H11NO2/c16-10-6-2-1-3-7-12-11-18-14-9-5-4-8-13(14)15(12)17/h4-5,8-9,11H,1-2,6H2. The van der Waals surface area contributed by atoms with Crippen LogP contribution < -0.4 is 5.43 Å². The molecule has 2 aromatic rings. The first-order valence-corrected chi connectivity index (χ1v) is 5.69. The lowest BCUT2D eigenvalue weighted by molar-refractivity contribution is 0.600. The summed E-state index contributed by atoms with van der Waals surface area (Å²) in [5.74, 6) is 5.68. The van der Waals surface area contributed by atoms with Gasteiger partial charge >= 0.3 is 0 Å². The Morgan fingerprint density at radius 2 is 2.06 bits per heavy atom. The van der Waals surface area contributed by atoms with Crippen LogP contribution in [-0.4, -0.2) is 0 Å². The zero-order chi connectivity index (χ0) is 12.8. The first kappa shape index (κ1) is 12.0. The van der Waals surface area contributed by atoms with Crippen molar-refractivity contribution in [3.8, 4) is 17.9 Å². The van der Waals surface area contributed by atoms with E-state index in [9.17, 15) is 4.79 Å². The van der Waals surface area contributed by atoms with Crippen LogP contribution in [0.25, 0.3) is 11.0 Å². The van der Waals surface area contributed by atoms with E-state index < -0.39 is 0 Å². The molecule has 0 aliphatic carbocycles. The lowest BCUT2D eigenvalue weighted by atomic mass is 10.1. The van der Waals surface area contributed by atoms with Gasteiger partial charge in [-0.05, 0) is 18.6 Å². The SMILES string of the molecule is N#CCCCC#Cc1coc2ccccc2c1=O. The van der Waals surface area contributed by atoms with Gasteiger partial charge in [0.1, 0.15) is 17.4 Å². The zero-order valence-electron chi connectivity index (χ0n) is 9.77. The van der Waals surface area contributed by atoms with Gasteiger partial charge in [-0.25, -0.2) is 0 Å². The van der Waals surface area contributed by atoms with Crippen molar-refractivity contribution in [1.82, 2.24) is 0 Å². The maximum atomic E-state index is 12.0. The van der Waals surface area contributed by atoms with E-state index in [0.717, 1.165) is 6.42 Å². The second-order valence-electron chi connectivity index (χ2n) is 3.79. The van der Waals surface area contributed by atoms with Crippen LogP contribution in [0.5, 0.6) is 0 Å². The highest BCUT2D eigenvalue weighted by molar-refractivity contribution is 5.77. The van der Waals surface area contributed by atoms with Crippen LogP contribution in [0.15, 0.2) is 39.7 Å². The summed E-state index contributed by atoms with van der Waals surface area (Å²) in [7, 11) is 0. The Morgan fingerprint density at radius 1 is 1.22 bits per heavy atom. The predicted octanol–water partition coefficient (Wildman–Crippen LogP) is 2.84. The Balaban J connectivity index is 2.27. The lowest BCUT2D eigenvalue weighted by Crippen LogP contribution is -2.05. The van der Waals surface area contributed by atoms with Crippen molar-refractivity contribution in [2.24, 2.45) is 0 Å². The van der Waals surface area contributed by atoms with Gasteiger partial charge in [0.2, 0.25) is 5.43 Å². The number of hydrogen-bond donors (Lipinski definition) is 0. The molecule has 0 aliphatic heterocycles. The van der Waals surface area contributed by atoms with Crippen LogP contribution in [0.3, 0.4) is 0 Å². The first-order chi connectivity index (χ1) is 8.83. The van der Waals surface area contributed by atoms with E-state index in [-0.39, 0.29) is 5.43 Å². The van der Waals surface area contributed by atoms with Crippen molar-refractivity contribution in [1.29, 1.82) is 5.26 Å². The van der Waals surface area contributed by atoms with Crippen molar-refractivity contribution in [3.05, 3.63) is 46.3 Å². The zero-order valence-corrected chi connectivity index (χ0v) is 9.77. The molecule has 0 radical (unpaired) electrons. The van der Waals surface area contributed by atoms with Crippen LogP contribution in [0.1, 0.15) is 24.8 Å². The fourth-order valence-corrected chi connectivity index (χ4v) is 1.58. The van der Waals surface area contributed by atoms with Crippen LogP contribution >= 0.6 is 0 Å². The summed E-state index contributed by atoms with van der Waals surface area (Å²) in [5, 5.41) is 8.92. The fourth-order valence-electron chi connectivity index (χ4n) is 1.58. The van der Waals surface area contributed by atoms with Gasteiger partial charge in [0, 0.05) is 12.8 Å². The molecule has 3 nitrogen and oxygen atoms in total. The summed E-state index contributed by atoms with van der Waals surface area (Å²) in [6.07, 6.45) is 3.21. The molecule has 0 amide bonds. The minimum absolute atomic E-state index is 0.107. The average Bonchev–Trinajstić information content (AvgIpc) is 2.41. The molecule has 3 heteroatoms. The van der Waals surface area contributed by atoms with E-state index in [1.807, 2.05) is 6.07 Å². The Morgan fingerprint density at radius 3 is 2.89 bits per heavy atom. The Labute approximate surface area is 105 Å². The summed E-state index contributed by atoms with van der Waals surface area (Å²) in [5.41, 5.74) is 0.827. The maximum Gasteiger partial charge on any atom is 0.208 e. The number of rotatable bonds is 2. The molecule has 0 N–H and O–H groups in total. The Bertz CT molecular complexity index is 711. The maximum absolute atomic E-state index is 12.0. The number of hydrogen-bond acceptors (Lipinski definition) is 3. The van der Waals surface area contributed by atoms with E-state index in [1.165, 1.54) is 6.26 Å². The van der Waals surface area contributed by atoms with Crippen molar-refractivity contribution in [2.45, 2.75) is 19.3 Å². The van der Waals surface area contributed by atoms with Crippen molar-refractivity contribution >= 4 is 11.0 Å². The third kappa shape index (κ3) is 2.59. The highest BCUT2D eigenvalue weighted by atomic mass is 16.3. The minimum Gasteiger partial charge on any atom is -0.463 e. The molecule has 0 saturated carbocycles.